The molecule has 0 radical (unpaired) electrons. The third-order valence-corrected chi connectivity index (χ3v) is 4.64. The maximum atomic E-state index is 12.2. The molecule has 2 heterocycles. The van der Waals surface area contributed by atoms with E-state index >= 15 is 0 Å². The number of aliphatic imine (C=N–C) groups is 1. The van der Waals surface area contributed by atoms with Gasteiger partial charge in [0.2, 0.25) is 5.88 Å². The summed E-state index contributed by atoms with van der Waals surface area (Å²) >= 11 is 0. The second kappa shape index (κ2) is 12.6. The zero-order chi connectivity index (χ0) is 23.0. The van der Waals surface area contributed by atoms with Gasteiger partial charge in [-0.2, -0.15) is 13.2 Å². The molecule has 0 saturated carbocycles. The van der Waals surface area contributed by atoms with Gasteiger partial charge >= 0.3 is 6.18 Å². The van der Waals surface area contributed by atoms with Gasteiger partial charge in [-0.1, -0.05) is 18.2 Å². The lowest BCUT2D eigenvalue weighted by molar-refractivity contribution is -0.154. The van der Waals surface area contributed by atoms with Gasteiger partial charge in [0.15, 0.2) is 12.6 Å². The fraction of sp³-hybridized carbons (Fsp3) is 0.409. The maximum absolute atomic E-state index is 12.2. The molecule has 0 spiro atoms. The minimum Gasteiger partial charge on any atom is -0.468 e. The first-order valence-corrected chi connectivity index (χ1v) is 10.4. The number of para-hydroxylation sites is 2. The number of alkyl halides is 3. The van der Waals surface area contributed by atoms with Crippen LogP contribution in [0.15, 0.2) is 47.6 Å². The van der Waals surface area contributed by atoms with Gasteiger partial charge in [0.25, 0.3) is 0 Å². The predicted molar refractivity (Wildman–Crippen MR) is 133 cm³/mol. The Hall–Kier alpha value is -2.57. The number of nitrogens with one attached hydrogen (secondary N) is 2. The summed E-state index contributed by atoms with van der Waals surface area (Å²) in [5.74, 6) is 1.58. The number of ether oxygens (including phenoxy) is 1. The summed E-state index contributed by atoms with van der Waals surface area (Å²) in [6.07, 6.45) is -2.04. The van der Waals surface area contributed by atoms with Crippen LogP contribution in [0.4, 0.5) is 13.2 Å². The van der Waals surface area contributed by atoms with Crippen LogP contribution in [-0.4, -0.2) is 46.4 Å². The average molecular weight is 576 g/mol. The van der Waals surface area contributed by atoms with E-state index in [9.17, 15) is 13.2 Å². The summed E-state index contributed by atoms with van der Waals surface area (Å²) < 4.78 is 43.5. The standard InChI is InChI=1S/C22H27F3N6O.HI/c1-3-26-21(29-14-17-9-10-20(28-13-17)32-15-22(23,24)25)27-11-6-12-31-16(2)30-18-7-4-5-8-19(18)31;/h4-5,7-10,13H,3,6,11-12,14-15H2,1-2H3,(H2,26,27,29);1H. The van der Waals surface area contributed by atoms with Gasteiger partial charge in [0, 0.05) is 31.9 Å². The minimum atomic E-state index is -4.39. The van der Waals surface area contributed by atoms with Crippen molar-refractivity contribution in [3.63, 3.8) is 0 Å². The van der Waals surface area contributed by atoms with Crippen molar-refractivity contribution in [2.24, 2.45) is 4.99 Å². The van der Waals surface area contributed by atoms with E-state index in [0.717, 1.165) is 41.9 Å². The molecule has 0 unspecified atom stereocenters. The highest BCUT2D eigenvalue weighted by atomic mass is 127. The van der Waals surface area contributed by atoms with E-state index in [-0.39, 0.29) is 29.9 Å². The Kier molecular flexibility index (Phi) is 10.2. The highest BCUT2D eigenvalue weighted by Crippen LogP contribution is 2.17. The quantitative estimate of drug-likeness (QED) is 0.171. The van der Waals surface area contributed by atoms with E-state index in [0.29, 0.717) is 19.0 Å². The Morgan fingerprint density at radius 2 is 1.94 bits per heavy atom. The number of guanidine groups is 1. The lowest BCUT2D eigenvalue weighted by Crippen LogP contribution is -2.38. The van der Waals surface area contributed by atoms with Gasteiger partial charge in [-0.3, -0.25) is 0 Å². The van der Waals surface area contributed by atoms with Gasteiger partial charge in [-0.05, 0) is 38.0 Å². The number of aromatic nitrogens is 3. The Labute approximate surface area is 207 Å². The van der Waals surface area contributed by atoms with E-state index in [1.807, 2.05) is 32.0 Å². The fourth-order valence-corrected chi connectivity index (χ4v) is 3.18. The van der Waals surface area contributed by atoms with E-state index in [1.54, 1.807) is 6.07 Å². The van der Waals surface area contributed by atoms with Crippen LogP contribution in [0.25, 0.3) is 11.0 Å². The number of benzene rings is 1. The minimum absolute atomic E-state index is 0. The molecule has 0 saturated heterocycles. The van der Waals surface area contributed by atoms with Crippen LogP contribution >= 0.6 is 24.0 Å². The van der Waals surface area contributed by atoms with Crippen molar-refractivity contribution in [2.45, 2.75) is 39.5 Å². The smallest absolute Gasteiger partial charge is 0.422 e. The SMILES string of the molecule is CCNC(=NCc1ccc(OCC(F)(F)F)nc1)NCCCn1c(C)nc2ccccc21.I. The van der Waals surface area contributed by atoms with Crippen molar-refractivity contribution < 1.29 is 17.9 Å². The number of nitrogens with zero attached hydrogens (tertiary/aromatic N) is 4. The third kappa shape index (κ3) is 8.37. The molecule has 2 N–H and O–H groups in total. The summed E-state index contributed by atoms with van der Waals surface area (Å²) in [6, 6.07) is 11.1. The number of fused-ring (bicyclic) bond motifs is 1. The molecule has 3 rings (SSSR count). The van der Waals surface area contributed by atoms with Crippen molar-refractivity contribution in [3.05, 3.63) is 54.0 Å². The third-order valence-electron chi connectivity index (χ3n) is 4.64. The molecule has 1 aromatic carbocycles. The first-order valence-electron chi connectivity index (χ1n) is 10.4. The molecule has 7 nitrogen and oxygen atoms in total. The van der Waals surface area contributed by atoms with Crippen LogP contribution < -0.4 is 15.4 Å². The van der Waals surface area contributed by atoms with Crippen LogP contribution in [0.1, 0.15) is 24.7 Å². The summed E-state index contributed by atoms with van der Waals surface area (Å²) in [6.45, 7) is 5.23. The molecule has 0 aliphatic rings. The highest BCUT2D eigenvalue weighted by Gasteiger charge is 2.28. The summed E-state index contributed by atoms with van der Waals surface area (Å²) in [5, 5.41) is 6.49. The number of hydrogen-bond donors (Lipinski definition) is 2. The van der Waals surface area contributed by atoms with Gasteiger partial charge in [-0.25, -0.2) is 15.0 Å². The van der Waals surface area contributed by atoms with Crippen molar-refractivity contribution >= 4 is 41.0 Å². The molecule has 0 bridgehead atoms. The molecule has 180 valence electrons. The van der Waals surface area contributed by atoms with Gasteiger partial charge in [0.1, 0.15) is 5.82 Å². The Morgan fingerprint density at radius 1 is 1.15 bits per heavy atom. The van der Waals surface area contributed by atoms with Crippen molar-refractivity contribution in [3.8, 4) is 5.88 Å². The summed E-state index contributed by atoms with van der Waals surface area (Å²) in [4.78, 5) is 13.0. The maximum Gasteiger partial charge on any atom is 0.422 e. The normalized spacial score (nSPS) is 11.8. The zero-order valence-electron chi connectivity index (χ0n) is 18.5. The number of halogens is 4. The predicted octanol–water partition coefficient (Wildman–Crippen LogP) is 4.44. The van der Waals surface area contributed by atoms with Crippen LogP contribution in [0, 0.1) is 6.92 Å². The van der Waals surface area contributed by atoms with Crippen LogP contribution in [0.5, 0.6) is 5.88 Å². The fourth-order valence-electron chi connectivity index (χ4n) is 3.18. The van der Waals surface area contributed by atoms with Gasteiger partial charge in [0.05, 0.1) is 17.6 Å². The van der Waals surface area contributed by atoms with Gasteiger partial charge in [-0.15, -0.1) is 24.0 Å². The van der Waals surface area contributed by atoms with Crippen LogP contribution in [0.3, 0.4) is 0 Å². The molecule has 2 aromatic heterocycles. The largest absolute Gasteiger partial charge is 0.468 e. The van der Waals surface area contributed by atoms with E-state index in [2.05, 4.69) is 41.0 Å². The molecule has 0 fully saturated rings. The Morgan fingerprint density at radius 3 is 2.64 bits per heavy atom. The zero-order valence-corrected chi connectivity index (χ0v) is 20.9. The number of hydrogen-bond acceptors (Lipinski definition) is 4. The van der Waals surface area contributed by atoms with E-state index < -0.39 is 12.8 Å². The molecule has 0 amide bonds. The molecular weight excluding hydrogens is 548 g/mol. The van der Waals surface area contributed by atoms with E-state index in [1.165, 1.54) is 12.3 Å². The lowest BCUT2D eigenvalue weighted by Gasteiger charge is -2.12. The van der Waals surface area contributed by atoms with Crippen molar-refractivity contribution in [2.75, 3.05) is 19.7 Å². The molecule has 3 aromatic rings. The molecular formula is C22H28F3IN6O. The monoisotopic (exact) mass is 576 g/mol. The van der Waals surface area contributed by atoms with E-state index in [4.69, 9.17) is 0 Å². The topological polar surface area (TPSA) is 76.4 Å². The summed E-state index contributed by atoms with van der Waals surface area (Å²) in [5.41, 5.74) is 2.89. The summed E-state index contributed by atoms with van der Waals surface area (Å²) in [7, 11) is 0. The molecule has 0 atom stereocenters. The Bertz CT molecular complexity index is 1040. The lowest BCUT2D eigenvalue weighted by atomic mass is 10.3. The number of rotatable bonds is 9. The number of aryl methyl sites for hydroxylation is 2. The number of imidazole rings is 1. The molecule has 11 heteroatoms. The first-order chi connectivity index (χ1) is 15.4. The first kappa shape index (κ1) is 26.7. The van der Waals surface area contributed by atoms with Crippen molar-refractivity contribution in [1.29, 1.82) is 0 Å². The second-order valence-electron chi connectivity index (χ2n) is 7.18. The number of pyridine rings is 1. The molecule has 33 heavy (non-hydrogen) atoms. The van der Waals surface area contributed by atoms with Crippen LogP contribution in [-0.2, 0) is 13.1 Å². The highest BCUT2D eigenvalue weighted by molar-refractivity contribution is 14.0. The molecule has 0 aliphatic carbocycles. The van der Waals surface area contributed by atoms with Gasteiger partial charge < -0.3 is 19.9 Å². The molecule has 0 aliphatic heterocycles. The average Bonchev–Trinajstić information content (AvgIpc) is 3.08. The second-order valence-corrected chi connectivity index (χ2v) is 7.18. The van der Waals surface area contributed by atoms with Crippen molar-refractivity contribution in [1.82, 2.24) is 25.2 Å². The van der Waals surface area contributed by atoms with Crippen LogP contribution in [0.2, 0.25) is 0 Å². The Balaban J connectivity index is 0.00000385.